The fourth-order valence-electron chi connectivity index (χ4n) is 1.69. The van der Waals surface area contributed by atoms with E-state index in [1.807, 2.05) is 0 Å². The summed E-state index contributed by atoms with van der Waals surface area (Å²) < 4.78 is 17.1. The van der Waals surface area contributed by atoms with E-state index in [9.17, 15) is 9.18 Å². The normalized spacial score (nSPS) is 17.1. The SMILES string of the molecule is O=C(O)CN1CCCN(c2ccccc2F)S1. The first-order valence-electron chi connectivity index (χ1n) is 5.34. The van der Waals surface area contributed by atoms with E-state index < -0.39 is 5.97 Å². The Balaban J connectivity index is 2.07. The van der Waals surface area contributed by atoms with Crippen LogP contribution in [0, 0.1) is 5.82 Å². The maximum Gasteiger partial charge on any atom is 0.318 e. The second-order valence-corrected chi connectivity index (χ2v) is 4.87. The van der Waals surface area contributed by atoms with Gasteiger partial charge < -0.3 is 9.41 Å². The molecule has 6 heteroatoms. The van der Waals surface area contributed by atoms with Gasteiger partial charge in [0.2, 0.25) is 0 Å². The van der Waals surface area contributed by atoms with Gasteiger partial charge in [0.15, 0.2) is 0 Å². The number of carboxylic acids is 1. The molecule has 0 aromatic heterocycles. The monoisotopic (exact) mass is 256 g/mol. The van der Waals surface area contributed by atoms with Gasteiger partial charge in [-0.1, -0.05) is 12.1 Å². The number of hydrogen-bond acceptors (Lipinski definition) is 4. The highest BCUT2D eigenvalue weighted by atomic mass is 32.2. The molecule has 0 radical (unpaired) electrons. The number of benzene rings is 1. The average molecular weight is 256 g/mol. The summed E-state index contributed by atoms with van der Waals surface area (Å²) in [6.07, 6.45) is 0.828. The summed E-state index contributed by atoms with van der Waals surface area (Å²) >= 11 is 1.27. The fourth-order valence-corrected chi connectivity index (χ4v) is 2.79. The first-order valence-corrected chi connectivity index (χ1v) is 6.07. The van der Waals surface area contributed by atoms with E-state index in [4.69, 9.17) is 5.11 Å². The molecule has 0 bridgehead atoms. The zero-order valence-electron chi connectivity index (χ0n) is 9.17. The van der Waals surface area contributed by atoms with Crippen molar-refractivity contribution in [3.05, 3.63) is 30.1 Å². The molecular weight excluding hydrogens is 243 g/mol. The summed E-state index contributed by atoms with van der Waals surface area (Å²) in [5.74, 6) is -1.15. The molecule has 1 aromatic rings. The van der Waals surface area contributed by atoms with Crippen molar-refractivity contribution in [3.8, 4) is 0 Å². The first kappa shape index (κ1) is 12.2. The zero-order chi connectivity index (χ0) is 12.3. The number of aliphatic carboxylic acids is 1. The van der Waals surface area contributed by atoms with Crippen LogP contribution in [0.15, 0.2) is 24.3 Å². The van der Waals surface area contributed by atoms with Gasteiger partial charge >= 0.3 is 5.97 Å². The number of rotatable bonds is 3. The predicted molar refractivity (Wildman–Crippen MR) is 65.2 cm³/mol. The van der Waals surface area contributed by atoms with Gasteiger partial charge in [0.1, 0.15) is 12.4 Å². The molecule has 92 valence electrons. The number of anilines is 1. The molecule has 1 aliphatic heterocycles. The van der Waals surface area contributed by atoms with E-state index in [2.05, 4.69) is 0 Å². The lowest BCUT2D eigenvalue weighted by Crippen LogP contribution is -2.36. The summed E-state index contributed by atoms with van der Waals surface area (Å²) in [6.45, 7) is 1.40. The van der Waals surface area contributed by atoms with Crippen LogP contribution in [0.4, 0.5) is 10.1 Å². The lowest BCUT2D eigenvalue weighted by Gasteiger charge is -2.34. The van der Waals surface area contributed by atoms with Crippen molar-refractivity contribution in [2.24, 2.45) is 0 Å². The third kappa shape index (κ3) is 3.10. The third-order valence-corrected chi connectivity index (χ3v) is 3.53. The van der Waals surface area contributed by atoms with Gasteiger partial charge in [-0.3, -0.25) is 4.79 Å². The number of nitrogens with zero attached hydrogens (tertiary/aromatic N) is 2. The minimum Gasteiger partial charge on any atom is -0.480 e. The maximum absolute atomic E-state index is 13.6. The molecule has 4 nitrogen and oxygen atoms in total. The largest absolute Gasteiger partial charge is 0.480 e. The Morgan fingerprint density at radius 1 is 1.41 bits per heavy atom. The summed E-state index contributed by atoms with van der Waals surface area (Å²) in [6, 6.07) is 6.52. The Hall–Kier alpha value is -1.27. The van der Waals surface area contributed by atoms with Gasteiger partial charge in [-0.05, 0) is 18.6 Å². The smallest absolute Gasteiger partial charge is 0.318 e. The number of halogens is 1. The predicted octanol–water partition coefficient (Wildman–Crippen LogP) is 1.99. The molecule has 2 rings (SSSR count). The van der Waals surface area contributed by atoms with Crippen LogP contribution in [0.1, 0.15) is 6.42 Å². The summed E-state index contributed by atoms with van der Waals surface area (Å²) in [7, 11) is 0. The van der Waals surface area contributed by atoms with Crippen molar-refractivity contribution in [2.45, 2.75) is 6.42 Å². The van der Waals surface area contributed by atoms with Gasteiger partial charge in [0, 0.05) is 25.2 Å². The van der Waals surface area contributed by atoms with Crippen LogP contribution >= 0.6 is 12.1 Å². The first-order chi connectivity index (χ1) is 8.16. The lowest BCUT2D eigenvalue weighted by atomic mass is 10.3. The Bertz CT molecular complexity index is 416. The topological polar surface area (TPSA) is 43.8 Å². The van der Waals surface area contributed by atoms with Gasteiger partial charge in [-0.15, -0.1) is 0 Å². The van der Waals surface area contributed by atoms with E-state index in [0.717, 1.165) is 13.0 Å². The Morgan fingerprint density at radius 2 is 2.18 bits per heavy atom. The van der Waals surface area contributed by atoms with Crippen molar-refractivity contribution in [2.75, 3.05) is 23.9 Å². The molecule has 17 heavy (non-hydrogen) atoms. The van der Waals surface area contributed by atoms with E-state index in [-0.39, 0.29) is 12.4 Å². The molecule has 1 aliphatic rings. The minimum absolute atomic E-state index is 0.0321. The van der Waals surface area contributed by atoms with Gasteiger partial charge in [0.05, 0.1) is 5.69 Å². The molecule has 1 aromatic carbocycles. The van der Waals surface area contributed by atoms with Crippen LogP contribution in [-0.4, -0.2) is 35.0 Å². The van der Waals surface area contributed by atoms with Gasteiger partial charge in [-0.2, -0.15) is 0 Å². The van der Waals surface area contributed by atoms with Crippen LogP contribution in [0.5, 0.6) is 0 Å². The van der Waals surface area contributed by atoms with Crippen molar-refractivity contribution < 1.29 is 14.3 Å². The second kappa shape index (κ2) is 5.37. The van der Waals surface area contributed by atoms with Crippen LogP contribution in [-0.2, 0) is 4.79 Å². The molecular formula is C11H13FN2O2S. The maximum atomic E-state index is 13.6. The summed E-state index contributed by atoms with van der Waals surface area (Å²) in [5.41, 5.74) is 0.507. The Labute approximate surface area is 103 Å². The number of carbonyl (C=O) groups is 1. The van der Waals surface area contributed by atoms with Gasteiger partial charge in [-0.25, -0.2) is 8.70 Å². The molecule has 1 saturated heterocycles. The average Bonchev–Trinajstić information content (AvgIpc) is 2.29. The molecule has 1 heterocycles. The molecule has 0 unspecified atom stereocenters. The second-order valence-electron chi connectivity index (χ2n) is 3.75. The third-order valence-electron chi connectivity index (χ3n) is 2.42. The van der Waals surface area contributed by atoms with E-state index in [0.29, 0.717) is 12.2 Å². The standard InChI is InChI=1S/C11H13FN2O2S/c12-9-4-1-2-5-10(9)14-7-3-6-13(17-14)8-11(15)16/h1-2,4-5H,3,6-8H2,(H,15,16). The van der Waals surface area contributed by atoms with Crippen molar-refractivity contribution in [3.63, 3.8) is 0 Å². The molecule has 1 N–H and O–H groups in total. The van der Waals surface area contributed by atoms with Crippen LogP contribution in [0.2, 0.25) is 0 Å². The zero-order valence-corrected chi connectivity index (χ0v) is 9.99. The number of hydrogen-bond donors (Lipinski definition) is 1. The fraction of sp³-hybridized carbons (Fsp3) is 0.364. The Morgan fingerprint density at radius 3 is 2.88 bits per heavy atom. The highest BCUT2D eigenvalue weighted by molar-refractivity contribution is 7.98. The van der Waals surface area contributed by atoms with Crippen LogP contribution in [0.3, 0.4) is 0 Å². The van der Waals surface area contributed by atoms with Crippen LogP contribution < -0.4 is 4.31 Å². The van der Waals surface area contributed by atoms with Crippen molar-refractivity contribution in [1.29, 1.82) is 0 Å². The molecule has 0 amide bonds. The Kier molecular flexibility index (Phi) is 3.86. The molecule has 0 saturated carbocycles. The van der Waals surface area contributed by atoms with E-state index >= 15 is 0 Å². The number of para-hydroxylation sites is 1. The molecule has 0 aliphatic carbocycles. The molecule has 0 spiro atoms. The molecule has 0 atom stereocenters. The van der Waals surface area contributed by atoms with Crippen molar-refractivity contribution in [1.82, 2.24) is 4.31 Å². The lowest BCUT2D eigenvalue weighted by molar-refractivity contribution is -0.137. The van der Waals surface area contributed by atoms with Crippen molar-refractivity contribution >= 4 is 23.8 Å². The summed E-state index contributed by atoms with van der Waals surface area (Å²) in [4.78, 5) is 10.6. The highest BCUT2D eigenvalue weighted by Crippen LogP contribution is 2.30. The highest BCUT2D eigenvalue weighted by Gasteiger charge is 2.22. The molecule has 1 fully saturated rings. The van der Waals surface area contributed by atoms with E-state index in [1.165, 1.54) is 18.2 Å². The summed E-state index contributed by atoms with van der Waals surface area (Å²) in [5, 5.41) is 8.73. The van der Waals surface area contributed by atoms with Crippen LogP contribution in [0.25, 0.3) is 0 Å². The van der Waals surface area contributed by atoms with Gasteiger partial charge in [0.25, 0.3) is 0 Å². The van der Waals surface area contributed by atoms with E-state index in [1.54, 1.807) is 26.8 Å². The number of carboxylic acid groups (broad SMARTS) is 1. The minimum atomic E-state index is -0.868. The quantitative estimate of drug-likeness (QED) is 0.838.